The number of halogens is 2. The van der Waals surface area contributed by atoms with Gasteiger partial charge in [0.15, 0.2) is 0 Å². The molecule has 0 amide bonds. The van der Waals surface area contributed by atoms with Crippen LogP contribution in [0.5, 0.6) is 0 Å². The first kappa shape index (κ1) is 11.3. The fourth-order valence-corrected chi connectivity index (χ4v) is 2.48. The van der Waals surface area contributed by atoms with E-state index in [1.54, 1.807) is 18.2 Å². The van der Waals surface area contributed by atoms with Crippen LogP contribution in [0.3, 0.4) is 0 Å². The molecule has 0 spiro atoms. The summed E-state index contributed by atoms with van der Waals surface area (Å²) in [6, 6.07) is 4.52. The second-order valence-corrected chi connectivity index (χ2v) is 4.48. The molecule has 4 heteroatoms. The zero-order valence-electron chi connectivity index (χ0n) is 8.67. The van der Waals surface area contributed by atoms with Gasteiger partial charge < -0.3 is 0 Å². The highest BCUT2D eigenvalue weighted by molar-refractivity contribution is 6.30. The van der Waals surface area contributed by atoms with Gasteiger partial charge in [-0.2, -0.15) is 4.99 Å². The Bertz CT molecular complexity index is 448. The van der Waals surface area contributed by atoms with Crippen LogP contribution in [0.2, 0.25) is 5.02 Å². The lowest BCUT2D eigenvalue weighted by Gasteiger charge is -2.22. The molecular formula is C12H11ClFNO. The van der Waals surface area contributed by atoms with Gasteiger partial charge in [0.2, 0.25) is 6.08 Å². The van der Waals surface area contributed by atoms with Crippen molar-refractivity contribution in [3.05, 3.63) is 34.6 Å². The molecular weight excluding hydrogens is 229 g/mol. The molecule has 16 heavy (non-hydrogen) atoms. The quantitative estimate of drug-likeness (QED) is 0.573. The molecule has 0 aliphatic heterocycles. The first-order chi connectivity index (χ1) is 7.68. The summed E-state index contributed by atoms with van der Waals surface area (Å²) in [5.74, 6) is -0.450. The molecule has 0 unspecified atom stereocenters. The van der Waals surface area contributed by atoms with Crippen LogP contribution in [-0.2, 0) is 10.3 Å². The smallest absolute Gasteiger partial charge is 0.211 e. The van der Waals surface area contributed by atoms with Gasteiger partial charge in [-0.05, 0) is 30.5 Å². The van der Waals surface area contributed by atoms with Crippen molar-refractivity contribution in [3.8, 4) is 0 Å². The van der Waals surface area contributed by atoms with Gasteiger partial charge in [-0.3, -0.25) is 0 Å². The molecule has 1 aromatic carbocycles. The van der Waals surface area contributed by atoms with Crippen LogP contribution in [0.15, 0.2) is 23.2 Å². The first-order valence-corrected chi connectivity index (χ1v) is 5.60. The first-order valence-electron chi connectivity index (χ1n) is 5.22. The van der Waals surface area contributed by atoms with E-state index in [1.165, 1.54) is 6.07 Å². The zero-order chi connectivity index (χ0) is 11.6. The van der Waals surface area contributed by atoms with Crippen molar-refractivity contribution in [2.24, 2.45) is 4.99 Å². The summed E-state index contributed by atoms with van der Waals surface area (Å²) in [5, 5.41) is 0.0740. The van der Waals surface area contributed by atoms with Crippen LogP contribution in [0, 0.1) is 5.82 Å². The minimum atomic E-state index is -0.529. The summed E-state index contributed by atoms with van der Waals surface area (Å²) < 4.78 is 13.1. The summed E-state index contributed by atoms with van der Waals surface area (Å²) in [4.78, 5) is 14.4. The summed E-state index contributed by atoms with van der Waals surface area (Å²) in [6.45, 7) is 0. The maximum absolute atomic E-state index is 13.1. The van der Waals surface area contributed by atoms with Gasteiger partial charge in [0.25, 0.3) is 0 Å². The Morgan fingerprint density at radius 1 is 1.38 bits per heavy atom. The number of benzene rings is 1. The highest BCUT2D eigenvalue weighted by Crippen LogP contribution is 2.42. The standard InChI is InChI=1S/C12H11ClFNO/c13-10-7-9(3-4-11(10)14)12(15-8-16)5-1-2-6-12/h3-4,7H,1-2,5-6H2. The van der Waals surface area contributed by atoms with E-state index in [0.29, 0.717) is 0 Å². The molecule has 0 saturated heterocycles. The van der Waals surface area contributed by atoms with Crippen molar-refractivity contribution < 1.29 is 9.18 Å². The molecule has 0 heterocycles. The molecule has 0 radical (unpaired) electrons. The summed E-state index contributed by atoms with van der Waals surface area (Å²) in [5.41, 5.74) is 0.277. The molecule has 1 saturated carbocycles. The zero-order valence-corrected chi connectivity index (χ0v) is 9.43. The lowest BCUT2D eigenvalue weighted by atomic mass is 9.89. The molecule has 0 atom stereocenters. The average molecular weight is 240 g/mol. The third-order valence-corrected chi connectivity index (χ3v) is 3.44. The van der Waals surface area contributed by atoms with Crippen LogP contribution < -0.4 is 0 Å². The van der Waals surface area contributed by atoms with Crippen molar-refractivity contribution in [2.75, 3.05) is 0 Å². The molecule has 0 N–H and O–H groups in total. The van der Waals surface area contributed by atoms with E-state index < -0.39 is 11.4 Å². The topological polar surface area (TPSA) is 29.4 Å². The molecule has 1 aromatic rings. The Kier molecular flexibility index (Phi) is 3.08. The minimum absolute atomic E-state index is 0.0740. The Morgan fingerprint density at radius 2 is 2.06 bits per heavy atom. The summed E-state index contributed by atoms with van der Waals surface area (Å²) >= 11 is 5.74. The van der Waals surface area contributed by atoms with Gasteiger partial charge in [0, 0.05) is 0 Å². The maximum Gasteiger partial charge on any atom is 0.235 e. The van der Waals surface area contributed by atoms with Gasteiger partial charge in [-0.15, -0.1) is 0 Å². The Hall–Kier alpha value is -1.18. The normalized spacial score (nSPS) is 18.1. The van der Waals surface area contributed by atoms with Gasteiger partial charge in [-0.25, -0.2) is 9.18 Å². The highest BCUT2D eigenvalue weighted by Gasteiger charge is 2.35. The highest BCUT2D eigenvalue weighted by atomic mass is 35.5. The number of aliphatic imine (C=N–C) groups is 1. The van der Waals surface area contributed by atoms with Gasteiger partial charge >= 0.3 is 0 Å². The monoisotopic (exact) mass is 239 g/mol. The van der Waals surface area contributed by atoms with Gasteiger partial charge in [0.05, 0.1) is 10.6 Å². The number of rotatable bonds is 2. The SMILES string of the molecule is O=C=NC1(c2ccc(F)c(Cl)c2)CCCC1. The van der Waals surface area contributed by atoms with Crippen molar-refractivity contribution in [1.82, 2.24) is 0 Å². The average Bonchev–Trinajstić information content (AvgIpc) is 2.72. The number of nitrogens with zero attached hydrogens (tertiary/aromatic N) is 1. The maximum atomic E-state index is 13.1. The molecule has 0 aromatic heterocycles. The van der Waals surface area contributed by atoms with E-state index in [2.05, 4.69) is 4.99 Å². The summed E-state index contributed by atoms with van der Waals surface area (Å²) in [7, 11) is 0. The van der Waals surface area contributed by atoms with E-state index in [9.17, 15) is 9.18 Å². The number of hydrogen-bond acceptors (Lipinski definition) is 2. The third-order valence-electron chi connectivity index (χ3n) is 3.15. The van der Waals surface area contributed by atoms with E-state index in [1.807, 2.05) is 0 Å². The lowest BCUT2D eigenvalue weighted by molar-refractivity contribution is 0.455. The van der Waals surface area contributed by atoms with Crippen molar-refractivity contribution >= 4 is 17.7 Å². The van der Waals surface area contributed by atoms with Crippen LogP contribution in [0.1, 0.15) is 31.2 Å². The predicted molar refractivity (Wildman–Crippen MR) is 59.7 cm³/mol. The van der Waals surface area contributed by atoms with Crippen LogP contribution in [0.25, 0.3) is 0 Å². The molecule has 0 bridgehead atoms. The minimum Gasteiger partial charge on any atom is -0.211 e. The van der Waals surface area contributed by atoms with E-state index in [4.69, 9.17) is 11.6 Å². The Morgan fingerprint density at radius 3 is 2.62 bits per heavy atom. The second-order valence-electron chi connectivity index (χ2n) is 4.07. The molecule has 1 fully saturated rings. The van der Waals surface area contributed by atoms with Crippen molar-refractivity contribution in [3.63, 3.8) is 0 Å². The number of isocyanates is 1. The van der Waals surface area contributed by atoms with E-state index in [0.717, 1.165) is 31.2 Å². The molecule has 1 aliphatic rings. The van der Waals surface area contributed by atoms with Crippen LogP contribution in [-0.4, -0.2) is 6.08 Å². The molecule has 1 aliphatic carbocycles. The summed E-state index contributed by atoms with van der Waals surface area (Å²) in [6.07, 6.45) is 5.24. The molecule has 2 rings (SSSR count). The van der Waals surface area contributed by atoms with Crippen LogP contribution >= 0.6 is 11.6 Å². The number of hydrogen-bond donors (Lipinski definition) is 0. The fraction of sp³-hybridized carbons (Fsp3) is 0.417. The van der Waals surface area contributed by atoms with Crippen molar-refractivity contribution in [1.29, 1.82) is 0 Å². The second kappa shape index (κ2) is 4.36. The largest absolute Gasteiger partial charge is 0.235 e. The van der Waals surface area contributed by atoms with E-state index >= 15 is 0 Å². The van der Waals surface area contributed by atoms with Crippen LogP contribution in [0.4, 0.5) is 4.39 Å². The fourth-order valence-electron chi connectivity index (χ4n) is 2.30. The van der Waals surface area contributed by atoms with Crippen molar-refractivity contribution in [2.45, 2.75) is 31.2 Å². The molecule has 2 nitrogen and oxygen atoms in total. The van der Waals surface area contributed by atoms with Gasteiger partial charge in [-0.1, -0.05) is 30.5 Å². The Labute approximate surface area is 98.1 Å². The predicted octanol–water partition coefficient (Wildman–Crippen LogP) is 3.58. The Balaban J connectivity index is 2.47. The van der Waals surface area contributed by atoms with E-state index in [-0.39, 0.29) is 5.02 Å². The number of carbonyl (C=O) groups excluding carboxylic acids is 1. The van der Waals surface area contributed by atoms with Gasteiger partial charge in [0.1, 0.15) is 5.82 Å². The lowest BCUT2D eigenvalue weighted by Crippen LogP contribution is -2.18. The third kappa shape index (κ3) is 1.89. The molecule has 84 valence electrons.